The van der Waals surface area contributed by atoms with Crippen LogP contribution in [0.2, 0.25) is 5.15 Å². The molecule has 0 saturated heterocycles. The number of aryl methyl sites for hydroxylation is 2. The lowest BCUT2D eigenvalue weighted by Crippen LogP contribution is -2.05. The van der Waals surface area contributed by atoms with E-state index in [0.29, 0.717) is 39.6 Å². The van der Waals surface area contributed by atoms with Crippen LogP contribution >= 0.6 is 11.6 Å². The molecule has 0 aliphatic rings. The summed E-state index contributed by atoms with van der Waals surface area (Å²) in [6.45, 7) is 3.82. The molecule has 4 heterocycles. The standard InChI is InChI=1S/C18H13ClF2N6/c1-9-15-18(25-10(2)24-9)27(8-11-3-14(21)16(19)23-5-11)17(26-15)12-4-13(20)7-22-6-12/h3-7H,8H2,1-2H3. The zero-order valence-corrected chi connectivity index (χ0v) is 15.2. The first-order valence-electron chi connectivity index (χ1n) is 8.04. The van der Waals surface area contributed by atoms with Crippen molar-refractivity contribution in [1.29, 1.82) is 0 Å². The molecule has 0 N–H and O–H groups in total. The van der Waals surface area contributed by atoms with Crippen molar-refractivity contribution < 1.29 is 8.78 Å². The lowest BCUT2D eigenvalue weighted by molar-refractivity contribution is 0.617. The maximum Gasteiger partial charge on any atom is 0.164 e. The molecule has 0 aliphatic carbocycles. The van der Waals surface area contributed by atoms with Crippen LogP contribution in [0.4, 0.5) is 8.78 Å². The molecule has 0 saturated carbocycles. The number of rotatable bonds is 3. The maximum absolute atomic E-state index is 13.8. The summed E-state index contributed by atoms with van der Waals surface area (Å²) >= 11 is 5.67. The van der Waals surface area contributed by atoms with Crippen LogP contribution in [0.5, 0.6) is 0 Å². The first-order chi connectivity index (χ1) is 12.9. The molecule has 9 heteroatoms. The molecule has 0 amide bonds. The third kappa shape index (κ3) is 3.23. The molecule has 0 aliphatic heterocycles. The average Bonchev–Trinajstić information content (AvgIpc) is 2.97. The van der Waals surface area contributed by atoms with Crippen LogP contribution in [-0.2, 0) is 6.54 Å². The van der Waals surface area contributed by atoms with Crippen molar-refractivity contribution in [1.82, 2.24) is 29.5 Å². The third-order valence-corrected chi connectivity index (χ3v) is 4.32. The van der Waals surface area contributed by atoms with Crippen molar-refractivity contribution >= 4 is 22.8 Å². The zero-order chi connectivity index (χ0) is 19.1. The fourth-order valence-corrected chi connectivity index (χ4v) is 3.01. The Morgan fingerprint density at radius 3 is 2.59 bits per heavy atom. The van der Waals surface area contributed by atoms with Crippen LogP contribution in [0, 0.1) is 25.5 Å². The lowest BCUT2D eigenvalue weighted by Gasteiger charge is -2.09. The summed E-state index contributed by atoms with van der Waals surface area (Å²) in [5, 5.41) is -0.196. The maximum atomic E-state index is 13.8. The minimum Gasteiger partial charge on any atom is -0.304 e. The highest BCUT2D eigenvalue weighted by Gasteiger charge is 2.18. The van der Waals surface area contributed by atoms with E-state index in [1.54, 1.807) is 11.5 Å². The van der Waals surface area contributed by atoms with Crippen LogP contribution in [0.3, 0.4) is 0 Å². The van der Waals surface area contributed by atoms with Crippen LogP contribution in [0.25, 0.3) is 22.6 Å². The molecule has 4 aromatic rings. The predicted octanol–water partition coefficient (Wildman–Crippen LogP) is 3.88. The first-order valence-corrected chi connectivity index (χ1v) is 8.42. The number of pyridine rings is 2. The number of fused-ring (bicyclic) bond motifs is 1. The van der Waals surface area contributed by atoms with Crippen molar-refractivity contribution in [2.45, 2.75) is 20.4 Å². The summed E-state index contributed by atoms with van der Waals surface area (Å²) in [7, 11) is 0. The molecule has 0 unspecified atom stereocenters. The van der Waals surface area contributed by atoms with Gasteiger partial charge in [-0.15, -0.1) is 0 Å². The summed E-state index contributed by atoms with van der Waals surface area (Å²) in [4.78, 5) is 21.1. The van der Waals surface area contributed by atoms with E-state index in [9.17, 15) is 8.78 Å². The lowest BCUT2D eigenvalue weighted by atomic mass is 10.2. The summed E-state index contributed by atoms with van der Waals surface area (Å²) in [5.41, 5.74) is 2.89. The van der Waals surface area contributed by atoms with Gasteiger partial charge in [-0.2, -0.15) is 0 Å². The van der Waals surface area contributed by atoms with E-state index in [4.69, 9.17) is 11.6 Å². The highest BCUT2D eigenvalue weighted by molar-refractivity contribution is 6.29. The monoisotopic (exact) mass is 386 g/mol. The van der Waals surface area contributed by atoms with Gasteiger partial charge in [0.2, 0.25) is 0 Å². The largest absolute Gasteiger partial charge is 0.304 e. The van der Waals surface area contributed by atoms with Crippen molar-refractivity contribution in [3.8, 4) is 11.4 Å². The summed E-state index contributed by atoms with van der Waals surface area (Å²) in [6, 6.07) is 2.64. The van der Waals surface area contributed by atoms with Gasteiger partial charge in [0.15, 0.2) is 16.6 Å². The number of halogens is 3. The highest BCUT2D eigenvalue weighted by atomic mass is 35.5. The van der Waals surface area contributed by atoms with Gasteiger partial charge in [-0.05, 0) is 31.5 Å². The van der Waals surface area contributed by atoms with Gasteiger partial charge in [0, 0.05) is 18.0 Å². The van der Waals surface area contributed by atoms with Gasteiger partial charge < -0.3 is 4.57 Å². The third-order valence-electron chi connectivity index (χ3n) is 4.04. The minimum atomic E-state index is -0.616. The number of hydrogen-bond acceptors (Lipinski definition) is 5. The number of aromatic nitrogens is 6. The Kier molecular flexibility index (Phi) is 4.27. The van der Waals surface area contributed by atoms with Crippen molar-refractivity contribution in [3.63, 3.8) is 0 Å². The molecule has 4 aromatic heterocycles. The van der Waals surface area contributed by atoms with Gasteiger partial charge in [-0.3, -0.25) is 4.98 Å². The quantitative estimate of drug-likeness (QED) is 0.500. The van der Waals surface area contributed by atoms with Crippen molar-refractivity contribution in [2.24, 2.45) is 0 Å². The van der Waals surface area contributed by atoms with Gasteiger partial charge in [-0.25, -0.2) is 28.7 Å². The van der Waals surface area contributed by atoms with Gasteiger partial charge in [0.05, 0.1) is 18.4 Å². The van der Waals surface area contributed by atoms with Gasteiger partial charge in [-0.1, -0.05) is 11.6 Å². The highest BCUT2D eigenvalue weighted by Crippen LogP contribution is 2.26. The summed E-state index contributed by atoms with van der Waals surface area (Å²) in [5.74, 6) is -0.0697. The normalized spacial score (nSPS) is 11.3. The minimum absolute atomic E-state index is 0.196. The zero-order valence-electron chi connectivity index (χ0n) is 14.4. The number of imidazole rings is 1. The molecular weight excluding hydrogens is 374 g/mol. The molecular formula is C18H13ClF2N6. The average molecular weight is 387 g/mol. The van der Waals surface area contributed by atoms with Crippen LogP contribution in [0.1, 0.15) is 17.1 Å². The summed E-state index contributed by atoms with van der Waals surface area (Å²) in [6.07, 6.45) is 4.10. The molecule has 0 aromatic carbocycles. The van der Waals surface area contributed by atoms with Gasteiger partial charge in [0.1, 0.15) is 23.0 Å². The molecule has 4 rings (SSSR count). The van der Waals surface area contributed by atoms with Gasteiger partial charge in [0.25, 0.3) is 0 Å². The van der Waals surface area contributed by atoms with E-state index in [1.807, 2.05) is 6.92 Å². The second kappa shape index (κ2) is 6.62. The number of nitrogens with zero attached hydrogens (tertiary/aromatic N) is 6. The fourth-order valence-electron chi connectivity index (χ4n) is 2.91. The van der Waals surface area contributed by atoms with Crippen LogP contribution < -0.4 is 0 Å². The van der Waals surface area contributed by atoms with Crippen LogP contribution in [-0.4, -0.2) is 29.5 Å². The second-order valence-corrected chi connectivity index (χ2v) is 6.42. The Bertz CT molecular complexity index is 1170. The Morgan fingerprint density at radius 1 is 1.04 bits per heavy atom. The second-order valence-electron chi connectivity index (χ2n) is 6.06. The van der Waals surface area contributed by atoms with E-state index >= 15 is 0 Å². The van der Waals surface area contributed by atoms with E-state index in [2.05, 4.69) is 24.9 Å². The van der Waals surface area contributed by atoms with Crippen molar-refractivity contribution in [2.75, 3.05) is 0 Å². The molecule has 0 bridgehead atoms. The smallest absolute Gasteiger partial charge is 0.164 e. The molecule has 0 radical (unpaired) electrons. The molecule has 6 nitrogen and oxygen atoms in total. The van der Waals surface area contributed by atoms with Crippen LogP contribution in [0.15, 0.2) is 30.7 Å². The molecule has 0 fully saturated rings. The van der Waals surface area contributed by atoms with E-state index < -0.39 is 11.6 Å². The van der Waals surface area contributed by atoms with E-state index in [0.717, 1.165) is 6.20 Å². The first kappa shape index (κ1) is 17.4. The summed E-state index contributed by atoms with van der Waals surface area (Å²) < 4.78 is 29.3. The Balaban J connectivity index is 1.95. The van der Waals surface area contributed by atoms with Crippen molar-refractivity contribution in [3.05, 3.63) is 64.6 Å². The Morgan fingerprint density at radius 2 is 1.85 bits per heavy atom. The molecule has 0 atom stereocenters. The molecule has 27 heavy (non-hydrogen) atoms. The Labute approximate surface area is 157 Å². The predicted molar refractivity (Wildman–Crippen MR) is 96.3 cm³/mol. The number of hydrogen-bond donors (Lipinski definition) is 0. The molecule has 136 valence electrons. The topological polar surface area (TPSA) is 69.4 Å². The molecule has 0 spiro atoms. The van der Waals surface area contributed by atoms with E-state index in [-0.39, 0.29) is 11.7 Å². The Hall–Kier alpha value is -3.00. The SMILES string of the molecule is Cc1nc(C)c2nc(-c3cncc(F)c3)n(Cc3cnc(Cl)c(F)c3)c2n1. The van der Waals surface area contributed by atoms with E-state index in [1.165, 1.54) is 24.5 Å². The van der Waals surface area contributed by atoms with Gasteiger partial charge >= 0.3 is 0 Å². The fraction of sp³-hybridized carbons (Fsp3) is 0.167.